The highest BCUT2D eigenvalue weighted by atomic mass is 16.5. The van der Waals surface area contributed by atoms with Gasteiger partial charge in [0.05, 0.1) is 23.8 Å². The van der Waals surface area contributed by atoms with Crippen molar-refractivity contribution >= 4 is 29.5 Å². The maximum absolute atomic E-state index is 12.7. The van der Waals surface area contributed by atoms with Crippen LogP contribution in [0.4, 0.5) is 0 Å². The SMILES string of the molecule is O=C(CCN1C(=O)C2C3CCC(C3)C2C1=O)OCC(=O)c1ccc(OC(=O)c2ccccc2)cc1. The third kappa shape index (κ3) is 4.48. The van der Waals surface area contributed by atoms with Crippen molar-refractivity contribution in [3.05, 3.63) is 65.7 Å². The van der Waals surface area contributed by atoms with E-state index in [1.165, 1.54) is 29.2 Å². The van der Waals surface area contributed by atoms with Gasteiger partial charge in [0.25, 0.3) is 0 Å². The van der Waals surface area contributed by atoms with Crippen molar-refractivity contribution in [3.63, 3.8) is 0 Å². The molecule has 2 aliphatic carbocycles. The Morgan fingerprint density at radius 3 is 2.09 bits per heavy atom. The molecule has 2 aromatic carbocycles. The van der Waals surface area contributed by atoms with Gasteiger partial charge < -0.3 is 9.47 Å². The van der Waals surface area contributed by atoms with Crippen LogP contribution >= 0.6 is 0 Å². The largest absolute Gasteiger partial charge is 0.457 e. The predicted octanol–water partition coefficient (Wildman–Crippen LogP) is 3.05. The van der Waals surface area contributed by atoms with E-state index < -0.39 is 24.3 Å². The van der Waals surface area contributed by atoms with E-state index in [2.05, 4.69) is 0 Å². The number of carbonyl (C=O) groups is 5. The molecule has 2 amide bonds. The predicted molar refractivity (Wildman–Crippen MR) is 122 cm³/mol. The molecular formula is C27H25NO7. The Labute approximate surface area is 202 Å². The molecule has 4 atom stereocenters. The number of likely N-dealkylation sites (tertiary alicyclic amines) is 1. The molecule has 0 N–H and O–H groups in total. The van der Waals surface area contributed by atoms with Crippen LogP contribution in [0.3, 0.4) is 0 Å². The first-order valence-corrected chi connectivity index (χ1v) is 11.8. The zero-order valence-corrected chi connectivity index (χ0v) is 19.1. The maximum Gasteiger partial charge on any atom is 0.343 e. The normalized spacial score (nSPS) is 24.4. The molecule has 2 bridgehead atoms. The fourth-order valence-electron chi connectivity index (χ4n) is 5.64. The molecule has 3 fully saturated rings. The van der Waals surface area contributed by atoms with Crippen LogP contribution in [0.2, 0.25) is 0 Å². The van der Waals surface area contributed by atoms with Crippen molar-refractivity contribution in [2.75, 3.05) is 13.2 Å². The summed E-state index contributed by atoms with van der Waals surface area (Å²) < 4.78 is 10.3. The summed E-state index contributed by atoms with van der Waals surface area (Å²) in [5.41, 5.74) is 0.706. The minimum Gasteiger partial charge on any atom is -0.457 e. The van der Waals surface area contributed by atoms with Crippen LogP contribution in [0.5, 0.6) is 5.75 Å². The lowest BCUT2D eigenvalue weighted by atomic mass is 9.81. The first-order chi connectivity index (χ1) is 16.9. The lowest BCUT2D eigenvalue weighted by Crippen LogP contribution is -2.35. The molecule has 3 aliphatic rings. The highest BCUT2D eigenvalue weighted by Gasteiger charge is 2.60. The monoisotopic (exact) mass is 475 g/mol. The number of nitrogens with zero attached hydrogens (tertiary/aromatic N) is 1. The van der Waals surface area contributed by atoms with Gasteiger partial charge in [-0.15, -0.1) is 0 Å². The van der Waals surface area contributed by atoms with Crippen LogP contribution < -0.4 is 4.74 Å². The lowest BCUT2D eigenvalue weighted by molar-refractivity contribution is -0.145. The van der Waals surface area contributed by atoms with Gasteiger partial charge in [0.2, 0.25) is 11.8 Å². The van der Waals surface area contributed by atoms with Crippen LogP contribution in [0.1, 0.15) is 46.4 Å². The van der Waals surface area contributed by atoms with Gasteiger partial charge in [0.1, 0.15) is 5.75 Å². The molecule has 35 heavy (non-hydrogen) atoms. The summed E-state index contributed by atoms with van der Waals surface area (Å²) in [6.07, 6.45) is 2.81. The number of ketones is 1. The van der Waals surface area contributed by atoms with Crippen molar-refractivity contribution in [3.8, 4) is 5.75 Å². The fraction of sp³-hybridized carbons (Fsp3) is 0.370. The first-order valence-electron chi connectivity index (χ1n) is 11.8. The molecule has 180 valence electrons. The van der Waals surface area contributed by atoms with Crippen LogP contribution in [0, 0.1) is 23.7 Å². The number of rotatable bonds is 8. The van der Waals surface area contributed by atoms with E-state index in [-0.39, 0.29) is 42.4 Å². The Balaban J connectivity index is 1.08. The van der Waals surface area contributed by atoms with E-state index in [1.54, 1.807) is 30.3 Å². The fourth-order valence-corrected chi connectivity index (χ4v) is 5.64. The Hall–Kier alpha value is -3.81. The zero-order valence-electron chi connectivity index (χ0n) is 19.1. The first kappa shape index (κ1) is 23.0. The van der Waals surface area contributed by atoms with Crippen LogP contribution in [0.25, 0.3) is 0 Å². The average molecular weight is 475 g/mol. The number of carbonyl (C=O) groups excluding carboxylic acids is 5. The Bertz CT molecular complexity index is 1150. The molecule has 0 spiro atoms. The van der Waals surface area contributed by atoms with Crippen molar-refractivity contribution < 1.29 is 33.4 Å². The molecule has 4 unspecified atom stereocenters. The highest BCUT2D eigenvalue weighted by molar-refractivity contribution is 6.06. The van der Waals surface area contributed by atoms with Gasteiger partial charge in [-0.2, -0.15) is 0 Å². The number of amides is 2. The smallest absolute Gasteiger partial charge is 0.343 e. The summed E-state index contributed by atoms with van der Waals surface area (Å²) in [6.45, 7) is -0.474. The van der Waals surface area contributed by atoms with Gasteiger partial charge in [0, 0.05) is 12.1 Å². The molecule has 1 heterocycles. The van der Waals surface area contributed by atoms with Gasteiger partial charge >= 0.3 is 11.9 Å². The Kier molecular flexibility index (Phi) is 6.19. The van der Waals surface area contributed by atoms with Gasteiger partial charge in [-0.25, -0.2) is 4.79 Å². The number of benzene rings is 2. The molecule has 5 rings (SSSR count). The molecular weight excluding hydrogens is 450 g/mol. The van der Waals surface area contributed by atoms with Gasteiger partial charge in [-0.3, -0.25) is 24.1 Å². The van der Waals surface area contributed by atoms with E-state index in [0.717, 1.165) is 19.3 Å². The van der Waals surface area contributed by atoms with Gasteiger partial charge in [0.15, 0.2) is 12.4 Å². The third-order valence-electron chi connectivity index (χ3n) is 7.32. The second-order valence-electron chi connectivity index (χ2n) is 9.33. The molecule has 0 radical (unpaired) electrons. The van der Waals surface area contributed by atoms with E-state index in [4.69, 9.17) is 9.47 Å². The number of fused-ring (bicyclic) bond motifs is 5. The standard InChI is InChI=1S/C27H25NO7/c29-21(16-8-10-20(11-9-16)35-27(33)17-4-2-1-3-5-17)15-34-22(30)12-13-28-25(31)23-18-6-7-19(14-18)24(23)26(28)32/h1-5,8-11,18-19,23-24H,6-7,12-15H2. The van der Waals surface area contributed by atoms with Crippen molar-refractivity contribution in [2.24, 2.45) is 23.7 Å². The minimum absolute atomic E-state index is 0.0153. The average Bonchev–Trinajstić information content (AvgIpc) is 3.56. The second-order valence-corrected chi connectivity index (χ2v) is 9.33. The quantitative estimate of drug-likeness (QED) is 0.250. The van der Waals surface area contributed by atoms with Crippen LogP contribution in [0.15, 0.2) is 54.6 Å². The summed E-state index contributed by atoms with van der Waals surface area (Å²) in [6, 6.07) is 14.5. The van der Waals surface area contributed by atoms with Gasteiger partial charge in [-0.1, -0.05) is 18.2 Å². The topological polar surface area (TPSA) is 107 Å². The molecule has 2 saturated carbocycles. The number of hydrogen-bond acceptors (Lipinski definition) is 7. The molecule has 2 aromatic rings. The second kappa shape index (κ2) is 9.44. The van der Waals surface area contributed by atoms with E-state index >= 15 is 0 Å². The lowest BCUT2D eigenvalue weighted by Gasteiger charge is -2.19. The molecule has 0 aromatic heterocycles. The van der Waals surface area contributed by atoms with Crippen molar-refractivity contribution in [1.29, 1.82) is 0 Å². The number of Topliss-reactive ketones (excluding diaryl/α,β-unsaturated/α-hetero) is 1. The third-order valence-corrected chi connectivity index (χ3v) is 7.32. The number of imide groups is 1. The van der Waals surface area contributed by atoms with Crippen molar-refractivity contribution in [2.45, 2.75) is 25.7 Å². The maximum atomic E-state index is 12.7. The molecule has 8 nitrogen and oxygen atoms in total. The zero-order chi connectivity index (χ0) is 24.5. The van der Waals surface area contributed by atoms with Gasteiger partial charge in [-0.05, 0) is 67.5 Å². The summed E-state index contributed by atoms with van der Waals surface area (Å²) in [7, 11) is 0. The van der Waals surface area contributed by atoms with Crippen LogP contribution in [-0.2, 0) is 19.1 Å². The minimum atomic E-state index is -0.646. The number of ether oxygens (including phenoxy) is 2. The van der Waals surface area contributed by atoms with E-state index in [9.17, 15) is 24.0 Å². The van der Waals surface area contributed by atoms with Crippen molar-refractivity contribution in [1.82, 2.24) is 4.90 Å². The number of hydrogen-bond donors (Lipinski definition) is 0. The van der Waals surface area contributed by atoms with E-state index in [0.29, 0.717) is 23.0 Å². The summed E-state index contributed by atoms with van der Waals surface area (Å²) in [4.78, 5) is 63.2. The highest BCUT2D eigenvalue weighted by Crippen LogP contribution is 2.56. The summed E-state index contributed by atoms with van der Waals surface area (Å²) in [5, 5.41) is 0. The number of esters is 2. The van der Waals surface area contributed by atoms with E-state index in [1.807, 2.05) is 0 Å². The van der Waals surface area contributed by atoms with Crippen LogP contribution in [-0.4, -0.2) is 47.6 Å². The molecule has 1 aliphatic heterocycles. The Morgan fingerprint density at radius 2 is 1.46 bits per heavy atom. The summed E-state index contributed by atoms with van der Waals surface area (Å²) in [5.74, 6) is -1.45. The molecule has 8 heteroatoms. The summed E-state index contributed by atoms with van der Waals surface area (Å²) >= 11 is 0. The molecule has 1 saturated heterocycles. The Morgan fingerprint density at radius 1 is 0.829 bits per heavy atom.